The Morgan fingerprint density at radius 1 is 1.37 bits per heavy atom. The summed E-state index contributed by atoms with van der Waals surface area (Å²) in [6.45, 7) is 4.54. The summed E-state index contributed by atoms with van der Waals surface area (Å²) in [5.41, 5.74) is 7.14. The zero-order valence-electron chi connectivity index (χ0n) is 11.7. The van der Waals surface area contributed by atoms with Gasteiger partial charge in [0.2, 0.25) is 0 Å². The molecule has 0 radical (unpaired) electrons. The average Bonchev–Trinajstić information content (AvgIpc) is 2.36. The maximum atomic E-state index is 13.3. The SMILES string of the molecule is CC(C)C1CCC(N)C(Cc2cc(F)ccc2Cl)C1. The van der Waals surface area contributed by atoms with E-state index in [-0.39, 0.29) is 11.9 Å². The molecule has 3 unspecified atom stereocenters. The highest BCUT2D eigenvalue weighted by Gasteiger charge is 2.30. The molecule has 1 aromatic rings. The van der Waals surface area contributed by atoms with Crippen LogP contribution >= 0.6 is 11.6 Å². The van der Waals surface area contributed by atoms with Gasteiger partial charge in [0.1, 0.15) is 5.82 Å². The molecule has 1 aliphatic carbocycles. The second-order valence-corrected chi connectivity index (χ2v) is 6.59. The molecule has 0 saturated heterocycles. The van der Waals surface area contributed by atoms with Gasteiger partial charge in [-0.3, -0.25) is 0 Å². The Labute approximate surface area is 120 Å². The van der Waals surface area contributed by atoms with Crippen LogP contribution in [0.4, 0.5) is 4.39 Å². The van der Waals surface area contributed by atoms with Gasteiger partial charge in [-0.2, -0.15) is 0 Å². The molecule has 0 aromatic heterocycles. The Morgan fingerprint density at radius 3 is 2.79 bits per heavy atom. The van der Waals surface area contributed by atoms with Crippen molar-refractivity contribution < 1.29 is 4.39 Å². The summed E-state index contributed by atoms with van der Waals surface area (Å²) in [5, 5.41) is 0.653. The molecule has 2 rings (SSSR count). The number of nitrogens with two attached hydrogens (primary N) is 1. The molecule has 19 heavy (non-hydrogen) atoms. The van der Waals surface area contributed by atoms with E-state index in [0.717, 1.165) is 30.7 Å². The van der Waals surface area contributed by atoms with E-state index in [1.54, 1.807) is 12.1 Å². The Hall–Kier alpha value is -0.600. The third-order valence-corrected chi connectivity index (χ3v) is 4.88. The topological polar surface area (TPSA) is 26.0 Å². The van der Waals surface area contributed by atoms with Crippen LogP contribution in [0.25, 0.3) is 0 Å². The van der Waals surface area contributed by atoms with Crippen LogP contribution < -0.4 is 5.73 Å². The highest BCUT2D eigenvalue weighted by Crippen LogP contribution is 2.35. The van der Waals surface area contributed by atoms with E-state index in [1.165, 1.54) is 12.5 Å². The minimum atomic E-state index is -0.218. The van der Waals surface area contributed by atoms with Gasteiger partial charge in [-0.05, 0) is 67.2 Å². The minimum Gasteiger partial charge on any atom is -0.327 e. The van der Waals surface area contributed by atoms with Gasteiger partial charge in [0.15, 0.2) is 0 Å². The summed E-state index contributed by atoms with van der Waals surface area (Å²) in [6, 6.07) is 4.81. The van der Waals surface area contributed by atoms with E-state index >= 15 is 0 Å². The van der Waals surface area contributed by atoms with Crippen LogP contribution in [0.2, 0.25) is 5.02 Å². The fourth-order valence-corrected chi connectivity index (χ4v) is 3.34. The van der Waals surface area contributed by atoms with Crippen molar-refractivity contribution in [1.29, 1.82) is 0 Å². The summed E-state index contributed by atoms with van der Waals surface area (Å²) in [6.07, 6.45) is 4.21. The van der Waals surface area contributed by atoms with Crippen molar-refractivity contribution >= 4 is 11.6 Å². The average molecular weight is 284 g/mol. The summed E-state index contributed by atoms with van der Waals surface area (Å²) < 4.78 is 13.3. The van der Waals surface area contributed by atoms with Crippen LogP contribution in [0, 0.1) is 23.6 Å². The van der Waals surface area contributed by atoms with E-state index < -0.39 is 0 Å². The highest BCUT2D eigenvalue weighted by atomic mass is 35.5. The molecule has 0 amide bonds. The van der Waals surface area contributed by atoms with E-state index in [2.05, 4.69) is 13.8 Å². The molecule has 106 valence electrons. The van der Waals surface area contributed by atoms with Crippen LogP contribution in [-0.2, 0) is 6.42 Å². The molecule has 3 heteroatoms. The molecular weight excluding hydrogens is 261 g/mol. The smallest absolute Gasteiger partial charge is 0.123 e. The number of benzene rings is 1. The van der Waals surface area contributed by atoms with E-state index in [9.17, 15) is 4.39 Å². The van der Waals surface area contributed by atoms with E-state index in [0.29, 0.717) is 16.9 Å². The first-order chi connectivity index (χ1) is 8.97. The molecule has 1 aromatic carbocycles. The van der Waals surface area contributed by atoms with Crippen LogP contribution in [-0.4, -0.2) is 6.04 Å². The van der Waals surface area contributed by atoms with Crippen LogP contribution in [0.1, 0.15) is 38.7 Å². The Balaban J connectivity index is 2.09. The fourth-order valence-electron chi connectivity index (χ4n) is 3.15. The lowest BCUT2D eigenvalue weighted by Gasteiger charge is -2.36. The molecule has 1 nitrogen and oxygen atoms in total. The molecule has 0 aliphatic heterocycles. The van der Waals surface area contributed by atoms with Gasteiger partial charge in [0.25, 0.3) is 0 Å². The molecule has 1 aliphatic rings. The van der Waals surface area contributed by atoms with E-state index in [1.807, 2.05) is 0 Å². The quantitative estimate of drug-likeness (QED) is 0.873. The van der Waals surface area contributed by atoms with Crippen molar-refractivity contribution in [2.45, 2.75) is 45.6 Å². The second-order valence-electron chi connectivity index (χ2n) is 6.18. The third kappa shape index (κ3) is 3.70. The molecule has 0 spiro atoms. The predicted octanol–water partition coefficient (Wildman–Crippen LogP) is 4.42. The number of halogens is 2. The Bertz CT molecular complexity index is 433. The molecule has 3 atom stereocenters. The number of rotatable bonds is 3. The first kappa shape index (κ1) is 14.8. The van der Waals surface area contributed by atoms with Crippen molar-refractivity contribution in [2.75, 3.05) is 0 Å². The molecule has 1 saturated carbocycles. The van der Waals surface area contributed by atoms with Gasteiger partial charge in [0.05, 0.1) is 0 Å². The summed E-state index contributed by atoms with van der Waals surface area (Å²) in [5.74, 6) is 1.62. The minimum absolute atomic E-state index is 0.217. The summed E-state index contributed by atoms with van der Waals surface area (Å²) >= 11 is 6.15. The number of hydrogen-bond acceptors (Lipinski definition) is 1. The van der Waals surface area contributed by atoms with Crippen molar-refractivity contribution in [2.24, 2.45) is 23.5 Å². The normalized spacial score (nSPS) is 27.8. The molecule has 0 heterocycles. The van der Waals surface area contributed by atoms with Crippen molar-refractivity contribution in [3.8, 4) is 0 Å². The summed E-state index contributed by atoms with van der Waals surface area (Å²) in [7, 11) is 0. The number of hydrogen-bond donors (Lipinski definition) is 1. The predicted molar refractivity (Wildman–Crippen MR) is 78.8 cm³/mol. The standard InChI is InChI=1S/C16H23ClFN/c1-10(2)11-3-6-16(19)13(7-11)8-12-9-14(18)4-5-15(12)17/h4-5,9-11,13,16H,3,6-8,19H2,1-2H3. The van der Waals surface area contributed by atoms with Crippen molar-refractivity contribution in [3.63, 3.8) is 0 Å². The van der Waals surface area contributed by atoms with Crippen LogP contribution in [0.5, 0.6) is 0 Å². The van der Waals surface area contributed by atoms with Gasteiger partial charge in [-0.15, -0.1) is 0 Å². The van der Waals surface area contributed by atoms with Gasteiger partial charge >= 0.3 is 0 Å². The lowest BCUT2D eigenvalue weighted by Crippen LogP contribution is -2.38. The molecular formula is C16H23ClFN. The maximum Gasteiger partial charge on any atom is 0.123 e. The largest absolute Gasteiger partial charge is 0.327 e. The van der Waals surface area contributed by atoms with Crippen molar-refractivity contribution in [1.82, 2.24) is 0 Å². The molecule has 1 fully saturated rings. The Kier molecular flexibility index (Phi) is 4.86. The first-order valence-electron chi connectivity index (χ1n) is 7.17. The van der Waals surface area contributed by atoms with Gasteiger partial charge in [-0.1, -0.05) is 25.4 Å². The monoisotopic (exact) mass is 283 g/mol. The van der Waals surface area contributed by atoms with Crippen LogP contribution in [0.3, 0.4) is 0 Å². The fraction of sp³-hybridized carbons (Fsp3) is 0.625. The zero-order valence-corrected chi connectivity index (χ0v) is 12.5. The second kappa shape index (κ2) is 6.23. The lowest BCUT2D eigenvalue weighted by molar-refractivity contribution is 0.189. The molecule has 0 bridgehead atoms. The lowest BCUT2D eigenvalue weighted by atomic mass is 9.72. The van der Waals surface area contributed by atoms with Crippen LogP contribution in [0.15, 0.2) is 18.2 Å². The third-order valence-electron chi connectivity index (χ3n) is 4.51. The summed E-state index contributed by atoms with van der Waals surface area (Å²) in [4.78, 5) is 0. The van der Waals surface area contributed by atoms with Gasteiger partial charge in [-0.25, -0.2) is 4.39 Å². The van der Waals surface area contributed by atoms with Gasteiger partial charge < -0.3 is 5.73 Å². The zero-order chi connectivity index (χ0) is 14.0. The molecule has 2 N–H and O–H groups in total. The van der Waals surface area contributed by atoms with Crippen molar-refractivity contribution in [3.05, 3.63) is 34.6 Å². The van der Waals surface area contributed by atoms with Gasteiger partial charge in [0, 0.05) is 11.1 Å². The highest BCUT2D eigenvalue weighted by molar-refractivity contribution is 6.31. The first-order valence-corrected chi connectivity index (χ1v) is 7.54. The Morgan fingerprint density at radius 2 is 2.11 bits per heavy atom. The maximum absolute atomic E-state index is 13.3. The van der Waals surface area contributed by atoms with E-state index in [4.69, 9.17) is 17.3 Å².